The fraction of sp³-hybridized carbons (Fsp3) is 0.500. The molecule has 3 rings (SSSR count). The number of fused-ring (bicyclic) bond motifs is 1. The van der Waals surface area contributed by atoms with Crippen LogP contribution >= 0.6 is 11.3 Å². The maximum Gasteiger partial charge on any atom is 0.239 e. The molecule has 1 aromatic heterocycles. The molecule has 0 aliphatic heterocycles. The number of thiazole rings is 1. The van der Waals surface area contributed by atoms with Crippen molar-refractivity contribution in [1.29, 1.82) is 0 Å². The van der Waals surface area contributed by atoms with Crippen molar-refractivity contribution in [3.8, 4) is 0 Å². The van der Waals surface area contributed by atoms with Crippen LogP contribution in [0.4, 0.5) is 5.69 Å². The van der Waals surface area contributed by atoms with Gasteiger partial charge < -0.3 is 10.2 Å². The van der Waals surface area contributed by atoms with Crippen LogP contribution in [0.3, 0.4) is 0 Å². The second-order valence-corrected chi connectivity index (χ2v) is 7.66. The summed E-state index contributed by atoms with van der Waals surface area (Å²) in [6.45, 7) is 4.02. The van der Waals surface area contributed by atoms with E-state index >= 15 is 0 Å². The zero-order valence-electron chi connectivity index (χ0n) is 15.0. The Morgan fingerprint density at radius 3 is 2.80 bits per heavy atom. The highest BCUT2D eigenvalue weighted by molar-refractivity contribution is 7.11. The molecule has 0 spiro atoms. The number of hydrogen-bond acceptors (Lipinski definition) is 4. The van der Waals surface area contributed by atoms with E-state index in [0.717, 1.165) is 38.0 Å². The second kappa shape index (κ2) is 8.99. The van der Waals surface area contributed by atoms with E-state index in [9.17, 15) is 4.79 Å². The molecule has 1 aliphatic rings. The highest BCUT2D eigenvalue weighted by Crippen LogP contribution is 2.27. The third kappa shape index (κ3) is 5.05. The average Bonchev–Trinajstić information content (AvgIpc) is 3.07. The summed E-state index contributed by atoms with van der Waals surface area (Å²) in [5.74, 6) is 0.0872. The van der Waals surface area contributed by atoms with Gasteiger partial charge in [0.25, 0.3) is 0 Å². The molecule has 4 nitrogen and oxygen atoms in total. The molecule has 2 aromatic rings. The molecule has 0 saturated carbocycles. The Balaban J connectivity index is 1.39. The molecule has 1 N–H and O–H groups in total. The van der Waals surface area contributed by atoms with Crippen LogP contribution < -0.4 is 10.2 Å². The second-order valence-electron chi connectivity index (χ2n) is 6.49. The van der Waals surface area contributed by atoms with Crippen LogP contribution in [0.2, 0.25) is 0 Å². The SMILES string of the molecule is CCN(CC(=O)NCCCc1nc2c(s1)CCCC2)c1ccccc1. The topological polar surface area (TPSA) is 45.2 Å². The molecule has 0 unspecified atom stereocenters. The van der Waals surface area contributed by atoms with Gasteiger partial charge in [-0.3, -0.25) is 4.79 Å². The zero-order chi connectivity index (χ0) is 17.5. The molecule has 134 valence electrons. The fourth-order valence-electron chi connectivity index (χ4n) is 3.23. The quantitative estimate of drug-likeness (QED) is 0.734. The molecule has 0 atom stereocenters. The van der Waals surface area contributed by atoms with Crippen LogP contribution in [0.1, 0.15) is 41.8 Å². The van der Waals surface area contributed by atoms with Gasteiger partial charge in [0.2, 0.25) is 5.91 Å². The zero-order valence-corrected chi connectivity index (χ0v) is 15.8. The lowest BCUT2D eigenvalue weighted by molar-refractivity contribution is -0.119. The first-order valence-electron chi connectivity index (χ1n) is 9.30. The van der Waals surface area contributed by atoms with Gasteiger partial charge in [-0.15, -0.1) is 11.3 Å². The van der Waals surface area contributed by atoms with Gasteiger partial charge in [-0.2, -0.15) is 0 Å². The highest BCUT2D eigenvalue weighted by atomic mass is 32.1. The number of carbonyl (C=O) groups is 1. The van der Waals surface area contributed by atoms with Crippen molar-refractivity contribution >= 4 is 22.9 Å². The largest absolute Gasteiger partial charge is 0.363 e. The molecule has 25 heavy (non-hydrogen) atoms. The monoisotopic (exact) mass is 357 g/mol. The minimum absolute atomic E-state index is 0.0872. The number of nitrogens with one attached hydrogen (secondary N) is 1. The Morgan fingerprint density at radius 2 is 2.04 bits per heavy atom. The van der Waals surface area contributed by atoms with Crippen molar-refractivity contribution < 1.29 is 4.79 Å². The molecule has 5 heteroatoms. The molecular formula is C20H27N3OS. The first-order valence-corrected chi connectivity index (χ1v) is 10.1. The Hall–Kier alpha value is -1.88. The Labute approximate surface area is 154 Å². The van der Waals surface area contributed by atoms with E-state index in [1.807, 2.05) is 41.7 Å². The van der Waals surface area contributed by atoms with E-state index in [0.29, 0.717) is 6.54 Å². The maximum atomic E-state index is 12.2. The van der Waals surface area contributed by atoms with E-state index in [1.165, 1.54) is 34.8 Å². The van der Waals surface area contributed by atoms with E-state index in [2.05, 4.69) is 17.1 Å². The third-order valence-corrected chi connectivity index (χ3v) is 5.83. The van der Waals surface area contributed by atoms with Gasteiger partial charge in [0.1, 0.15) is 0 Å². The number of benzene rings is 1. The number of nitrogens with zero attached hydrogens (tertiary/aromatic N) is 2. The number of aryl methyl sites for hydroxylation is 3. The van der Waals surface area contributed by atoms with Crippen molar-refractivity contribution in [2.24, 2.45) is 0 Å². The van der Waals surface area contributed by atoms with Gasteiger partial charge >= 0.3 is 0 Å². The molecule has 1 amide bonds. The van der Waals surface area contributed by atoms with Crippen molar-refractivity contribution in [3.05, 3.63) is 45.9 Å². The predicted molar refractivity (Wildman–Crippen MR) is 104 cm³/mol. The fourth-order valence-corrected chi connectivity index (χ4v) is 4.43. The van der Waals surface area contributed by atoms with E-state index in [1.54, 1.807) is 0 Å². The minimum Gasteiger partial charge on any atom is -0.363 e. The summed E-state index contributed by atoms with van der Waals surface area (Å²) >= 11 is 1.87. The normalized spacial score (nSPS) is 13.3. The Kier molecular flexibility index (Phi) is 6.45. The van der Waals surface area contributed by atoms with Crippen LogP contribution in [0.15, 0.2) is 30.3 Å². The Bertz CT molecular complexity index is 660. The minimum atomic E-state index is 0.0872. The Morgan fingerprint density at radius 1 is 1.24 bits per heavy atom. The lowest BCUT2D eigenvalue weighted by Crippen LogP contribution is -2.37. The van der Waals surface area contributed by atoms with Crippen molar-refractivity contribution in [2.75, 3.05) is 24.5 Å². The number of aromatic nitrogens is 1. The molecule has 0 radical (unpaired) electrons. The smallest absolute Gasteiger partial charge is 0.239 e. The number of para-hydroxylation sites is 1. The molecule has 0 fully saturated rings. The lowest BCUT2D eigenvalue weighted by Gasteiger charge is -2.22. The van der Waals surface area contributed by atoms with Crippen LogP contribution in [0.25, 0.3) is 0 Å². The molecule has 1 aliphatic carbocycles. The molecule has 0 bridgehead atoms. The van der Waals surface area contributed by atoms with Gasteiger partial charge in [0.15, 0.2) is 0 Å². The van der Waals surface area contributed by atoms with E-state index in [4.69, 9.17) is 4.98 Å². The first-order chi connectivity index (χ1) is 12.3. The number of hydrogen-bond donors (Lipinski definition) is 1. The number of likely N-dealkylation sites (N-methyl/N-ethyl adjacent to an activating group) is 1. The summed E-state index contributed by atoms with van der Waals surface area (Å²) in [4.78, 5) is 20.5. The van der Waals surface area contributed by atoms with Gasteiger partial charge in [0.05, 0.1) is 17.2 Å². The van der Waals surface area contributed by atoms with Gasteiger partial charge in [-0.1, -0.05) is 18.2 Å². The van der Waals surface area contributed by atoms with Gasteiger partial charge in [0, 0.05) is 30.1 Å². The summed E-state index contributed by atoms with van der Waals surface area (Å²) in [6, 6.07) is 10.1. The molecule has 1 heterocycles. The van der Waals surface area contributed by atoms with E-state index in [-0.39, 0.29) is 5.91 Å². The molecular weight excluding hydrogens is 330 g/mol. The first kappa shape index (κ1) is 17.9. The van der Waals surface area contributed by atoms with Gasteiger partial charge in [-0.25, -0.2) is 4.98 Å². The van der Waals surface area contributed by atoms with E-state index < -0.39 is 0 Å². The summed E-state index contributed by atoms with van der Waals surface area (Å²) in [7, 11) is 0. The highest BCUT2D eigenvalue weighted by Gasteiger charge is 2.15. The number of rotatable bonds is 8. The number of carbonyl (C=O) groups excluding carboxylic acids is 1. The third-order valence-electron chi connectivity index (χ3n) is 4.62. The van der Waals surface area contributed by atoms with Crippen LogP contribution in [0.5, 0.6) is 0 Å². The summed E-state index contributed by atoms with van der Waals surface area (Å²) < 4.78 is 0. The standard InChI is InChI=1S/C20H27N3OS/c1-2-23(16-9-4-3-5-10-16)15-19(24)21-14-8-13-20-22-17-11-6-7-12-18(17)25-20/h3-5,9-10H,2,6-8,11-15H2,1H3,(H,21,24). The maximum absolute atomic E-state index is 12.2. The summed E-state index contributed by atoms with van der Waals surface area (Å²) in [6.07, 6.45) is 6.86. The number of amides is 1. The number of anilines is 1. The lowest BCUT2D eigenvalue weighted by atomic mass is 10.0. The van der Waals surface area contributed by atoms with Crippen molar-refractivity contribution in [3.63, 3.8) is 0 Å². The van der Waals surface area contributed by atoms with Crippen LogP contribution in [-0.2, 0) is 24.1 Å². The summed E-state index contributed by atoms with van der Waals surface area (Å²) in [5, 5.41) is 4.28. The predicted octanol–water partition coefficient (Wildman–Crippen LogP) is 3.60. The molecule has 0 saturated heterocycles. The van der Waals surface area contributed by atoms with Crippen LogP contribution in [-0.4, -0.2) is 30.5 Å². The molecule has 1 aromatic carbocycles. The van der Waals surface area contributed by atoms with Crippen LogP contribution in [0, 0.1) is 0 Å². The summed E-state index contributed by atoms with van der Waals surface area (Å²) in [5.41, 5.74) is 2.42. The van der Waals surface area contributed by atoms with Crippen molar-refractivity contribution in [2.45, 2.75) is 45.4 Å². The van der Waals surface area contributed by atoms with Crippen molar-refractivity contribution in [1.82, 2.24) is 10.3 Å². The van der Waals surface area contributed by atoms with Gasteiger partial charge in [-0.05, 0) is 51.2 Å². The average molecular weight is 358 g/mol.